The van der Waals surface area contributed by atoms with Crippen LogP contribution in [0, 0.1) is 0 Å². The average molecular weight is 313 g/mol. The molecule has 0 aliphatic carbocycles. The molecule has 1 amide bonds. The molecule has 4 heteroatoms. The number of carbonyl (C=O) groups is 1. The summed E-state index contributed by atoms with van der Waals surface area (Å²) in [5.74, 6) is -0.442. The number of rotatable bonds is 3. The summed E-state index contributed by atoms with van der Waals surface area (Å²) in [7, 11) is 0. The predicted octanol–water partition coefficient (Wildman–Crippen LogP) is 3.79. The number of aromatic nitrogens is 2. The first-order valence-electron chi connectivity index (χ1n) is 7.65. The van der Waals surface area contributed by atoms with Crippen LogP contribution in [0.25, 0.3) is 27.8 Å². The molecule has 116 valence electrons. The SMILES string of the molecule is NC(=O)c1ccc2ncn(-c3cccc(-c4ccccc4)c3)c2c1. The second-order valence-electron chi connectivity index (χ2n) is 5.60. The van der Waals surface area contributed by atoms with Crippen molar-refractivity contribution in [3.05, 3.63) is 84.7 Å². The fraction of sp³-hybridized carbons (Fsp3) is 0. The van der Waals surface area contributed by atoms with E-state index in [-0.39, 0.29) is 0 Å². The van der Waals surface area contributed by atoms with E-state index in [1.807, 2.05) is 41.0 Å². The fourth-order valence-corrected chi connectivity index (χ4v) is 2.83. The smallest absolute Gasteiger partial charge is 0.248 e. The molecule has 0 spiro atoms. The van der Waals surface area contributed by atoms with Gasteiger partial charge in [0.15, 0.2) is 0 Å². The highest BCUT2D eigenvalue weighted by Crippen LogP contribution is 2.24. The molecule has 3 aromatic carbocycles. The Morgan fingerprint density at radius 1 is 0.875 bits per heavy atom. The van der Waals surface area contributed by atoms with Crippen molar-refractivity contribution in [2.24, 2.45) is 5.73 Å². The molecule has 0 radical (unpaired) electrons. The molecule has 1 aromatic heterocycles. The third kappa shape index (κ3) is 2.44. The van der Waals surface area contributed by atoms with Crippen molar-refractivity contribution in [3.63, 3.8) is 0 Å². The van der Waals surface area contributed by atoms with Gasteiger partial charge in [0.05, 0.1) is 11.0 Å². The van der Waals surface area contributed by atoms with Crippen molar-refractivity contribution in [1.82, 2.24) is 9.55 Å². The Morgan fingerprint density at radius 2 is 1.67 bits per heavy atom. The summed E-state index contributed by atoms with van der Waals surface area (Å²) in [5.41, 5.74) is 10.8. The van der Waals surface area contributed by atoms with Crippen LogP contribution in [-0.4, -0.2) is 15.5 Å². The number of hydrogen-bond acceptors (Lipinski definition) is 2. The zero-order valence-corrected chi connectivity index (χ0v) is 12.9. The van der Waals surface area contributed by atoms with Crippen LogP contribution in [0.4, 0.5) is 0 Å². The van der Waals surface area contributed by atoms with Crippen LogP contribution in [0.2, 0.25) is 0 Å². The monoisotopic (exact) mass is 313 g/mol. The Hall–Kier alpha value is -3.40. The van der Waals surface area contributed by atoms with E-state index in [9.17, 15) is 4.79 Å². The lowest BCUT2D eigenvalue weighted by molar-refractivity contribution is 0.100. The summed E-state index contributed by atoms with van der Waals surface area (Å²) in [6, 6.07) is 23.7. The highest BCUT2D eigenvalue weighted by Gasteiger charge is 2.09. The van der Waals surface area contributed by atoms with Crippen LogP contribution < -0.4 is 5.73 Å². The standard InChI is InChI=1S/C20H15N3O/c21-20(24)16-9-10-18-19(12-16)23(13-22-18)17-8-4-7-15(11-17)14-5-2-1-3-6-14/h1-13H,(H2,21,24). The molecule has 1 heterocycles. The molecule has 0 fully saturated rings. The number of benzene rings is 3. The van der Waals surface area contributed by atoms with E-state index >= 15 is 0 Å². The molecule has 24 heavy (non-hydrogen) atoms. The molecule has 0 aliphatic rings. The van der Waals surface area contributed by atoms with Crippen LogP contribution in [0.15, 0.2) is 79.1 Å². The summed E-state index contributed by atoms with van der Waals surface area (Å²) in [6.07, 6.45) is 1.76. The fourth-order valence-electron chi connectivity index (χ4n) is 2.83. The Balaban J connectivity index is 1.86. The first-order valence-corrected chi connectivity index (χ1v) is 7.65. The summed E-state index contributed by atoms with van der Waals surface area (Å²) in [5, 5.41) is 0. The molecular formula is C20H15N3O. The average Bonchev–Trinajstić information content (AvgIpc) is 3.05. The van der Waals surface area contributed by atoms with Gasteiger partial charge in [0, 0.05) is 11.3 Å². The van der Waals surface area contributed by atoms with Crippen LogP contribution >= 0.6 is 0 Å². The summed E-state index contributed by atoms with van der Waals surface area (Å²) >= 11 is 0. The topological polar surface area (TPSA) is 60.9 Å². The van der Waals surface area contributed by atoms with Crippen molar-refractivity contribution in [2.75, 3.05) is 0 Å². The number of imidazole rings is 1. The highest BCUT2D eigenvalue weighted by molar-refractivity contribution is 5.96. The van der Waals surface area contributed by atoms with Crippen LogP contribution in [0.5, 0.6) is 0 Å². The van der Waals surface area contributed by atoms with Gasteiger partial charge in [0.1, 0.15) is 6.33 Å². The van der Waals surface area contributed by atoms with Crippen molar-refractivity contribution in [3.8, 4) is 16.8 Å². The van der Waals surface area contributed by atoms with Crippen molar-refractivity contribution >= 4 is 16.9 Å². The molecule has 0 unspecified atom stereocenters. The molecule has 4 nitrogen and oxygen atoms in total. The maximum atomic E-state index is 11.4. The third-order valence-corrected chi connectivity index (χ3v) is 4.06. The van der Waals surface area contributed by atoms with E-state index in [1.165, 1.54) is 0 Å². The number of primary amides is 1. The van der Waals surface area contributed by atoms with E-state index < -0.39 is 5.91 Å². The molecule has 0 bridgehead atoms. The van der Waals surface area contributed by atoms with Crippen LogP contribution in [-0.2, 0) is 0 Å². The van der Waals surface area contributed by atoms with E-state index in [0.29, 0.717) is 5.56 Å². The van der Waals surface area contributed by atoms with E-state index in [4.69, 9.17) is 5.73 Å². The number of hydrogen-bond donors (Lipinski definition) is 1. The van der Waals surface area contributed by atoms with Gasteiger partial charge in [-0.15, -0.1) is 0 Å². The van der Waals surface area contributed by atoms with Gasteiger partial charge in [0.25, 0.3) is 0 Å². The number of nitrogens with zero attached hydrogens (tertiary/aromatic N) is 2. The minimum atomic E-state index is -0.442. The minimum Gasteiger partial charge on any atom is -0.366 e. The molecule has 0 saturated heterocycles. The zero-order chi connectivity index (χ0) is 16.5. The molecule has 4 aromatic rings. The number of nitrogens with two attached hydrogens (primary N) is 1. The lowest BCUT2D eigenvalue weighted by Gasteiger charge is -2.08. The van der Waals surface area contributed by atoms with Crippen molar-refractivity contribution in [1.29, 1.82) is 0 Å². The van der Waals surface area contributed by atoms with Gasteiger partial charge in [-0.1, -0.05) is 42.5 Å². The number of fused-ring (bicyclic) bond motifs is 1. The largest absolute Gasteiger partial charge is 0.366 e. The first kappa shape index (κ1) is 14.2. The van der Waals surface area contributed by atoms with Gasteiger partial charge in [-0.05, 0) is 41.5 Å². The van der Waals surface area contributed by atoms with Gasteiger partial charge in [-0.3, -0.25) is 9.36 Å². The Labute approximate surface area is 139 Å². The summed E-state index contributed by atoms with van der Waals surface area (Å²) in [6.45, 7) is 0. The number of amides is 1. The third-order valence-electron chi connectivity index (χ3n) is 4.06. The highest BCUT2D eigenvalue weighted by atomic mass is 16.1. The van der Waals surface area contributed by atoms with Gasteiger partial charge in [0.2, 0.25) is 5.91 Å². The normalized spacial score (nSPS) is 10.8. The first-order chi connectivity index (χ1) is 11.7. The molecule has 4 rings (SSSR count). The zero-order valence-electron chi connectivity index (χ0n) is 12.9. The summed E-state index contributed by atoms with van der Waals surface area (Å²) in [4.78, 5) is 15.9. The van der Waals surface area contributed by atoms with Crippen LogP contribution in [0.3, 0.4) is 0 Å². The maximum Gasteiger partial charge on any atom is 0.248 e. The predicted molar refractivity (Wildman–Crippen MR) is 95.0 cm³/mol. The molecule has 0 atom stereocenters. The van der Waals surface area contributed by atoms with Gasteiger partial charge in [-0.2, -0.15) is 0 Å². The van der Waals surface area contributed by atoms with Crippen molar-refractivity contribution in [2.45, 2.75) is 0 Å². The quantitative estimate of drug-likeness (QED) is 0.625. The van der Waals surface area contributed by atoms with Crippen molar-refractivity contribution < 1.29 is 4.79 Å². The molecule has 2 N–H and O–H groups in total. The summed E-state index contributed by atoms with van der Waals surface area (Å²) < 4.78 is 1.97. The van der Waals surface area contributed by atoms with E-state index in [1.54, 1.807) is 18.5 Å². The molecular weight excluding hydrogens is 298 g/mol. The van der Waals surface area contributed by atoms with Crippen LogP contribution in [0.1, 0.15) is 10.4 Å². The lowest BCUT2D eigenvalue weighted by Crippen LogP contribution is -2.10. The Kier molecular flexibility index (Phi) is 3.35. The maximum absolute atomic E-state index is 11.4. The van der Waals surface area contributed by atoms with Gasteiger partial charge in [-0.25, -0.2) is 4.98 Å². The van der Waals surface area contributed by atoms with Gasteiger partial charge >= 0.3 is 0 Å². The minimum absolute atomic E-state index is 0.442. The molecule has 0 saturated carbocycles. The lowest BCUT2D eigenvalue weighted by atomic mass is 10.1. The van der Waals surface area contributed by atoms with E-state index in [2.05, 4.69) is 29.2 Å². The van der Waals surface area contributed by atoms with E-state index in [0.717, 1.165) is 27.8 Å². The Bertz CT molecular complexity index is 1040. The number of carbonyl (C=O) groups excluding carboxylic acids is 1. The molecule has 0 aliphatic heterocycles. The second-order valence-corrected chi connectivity index (χ2v) is 5.60. The Morgan fingerprint density at radius 3 is 2.46 bits per heavy atom. The van der Waals surface area contributed by atoms with Gasteiger partial charge < -0.3 is 5.73 Å². The second kappa shape index (κ2) is 5.66.